The number of amides is 2. The lowest BCUT2D eigenvalue weighted by atomic mass is 10.1. The summed E-state index contributed by atoms with van der Waals surface area (Å²) in [6, 6.07) is 13.0. The number of hydrogen-bond acceptors (Lipinski definition) is 5. The Morgan fingerprint density at radius 3 is 2.19 bits per heavy atom. The Morgan fingerprint density at radius 1 is 1.00 bits per heavy atom. The van der Waals surface area contributed by atoms with Crippen LogP contribution in [0.5, 0.6) is 0 Å². The van der Waals surface area contributed by atoms with Crippen LogP contribution in [0, 0.1) is 11.3 Å². The van der Waals surface area contributed by atoms with E-state index < -0.39 is 27.9 Å². The number of halogens is 1. The minimum Gasteiger partial charge on any atom is -0.274 e. The molecule has 1 heterocycles. The molecule has 0 N–H and O–H groups in total. The molecule has 1 aliphatic heterocycles. The van der Waals surface area contributed by atoms with Crippen molar-refractivity contribution >= 4 is 43.5 Å². The maximum absolute atomic E-state index is 13.6. The van der Waals surface area contributed by atoms with Gasteiger partial charge in [0, 0.05) is 10.5 Å². The van der Waals surface area contributed by atoms with Gasteiger partial charge in [0.25, 0.3) is 5.91 Å². The van der Waals surface area contributed by atoms with Crippen molar-refractivity contribution in [3.05, 3.63) is 58.6 Å². The number of carbonyl (C=O) groups excluding carboxylic acids is 2. The molecule has 1 saturated carbocycles. The summed E-state index contributed by atoms with van der Waals surface area (Å²) in [5.74, 6) is -1.00. The highest BCUT2D eigenvalue weighted by molar-refractivity contribution is 9.10. The average molecular weight is 502 g/mol. The first-order valence-electron chi connectivity index (χ1n) is 9.99. The Balaban J connectivity index is 1.72. The molecule has 9 heteroatoms. The Labute approximate surface area is 189 Å². The van der Waals surface area contributed by atoms with Gasteiger partial charge in [-0.05, 0) is 61.4 Å². The summed E-state index contributed by atoms with van der Waals surface area (Å²) >= 11 is 3.31. The molecule has 4 rings (SSSR count). The number of carbonyl (C=O) groups is 2. The number of hydrogen-bond donors (Lipinski definition) is 0. The molecule has 2 fully saturated rings. The molecule has 0 aromatic heterocycles. The van der Waals surface area contributed by atoms with Gasteiger partial charge >= 0.3 is 0 Å². The van der Waals surface area contributed by atoms with Gasteiger partial charge in [0.05, 0.1) is 28.6 Å². The van der Waals surface area contributed by atoms with E-state index in [1.165, 1.54) is 40.7 Å². The monoisotopic (exact) mass is 501 g/mol. The van der Waals surface area contributed by atoms with Crippen molar-refractivity contribution in [3.8, 4) is 6.07 Å². The quantitative estimate of drug-likeness (QED) is 0.582. The number of anilines is 1. The van der Waals surface area contributed by atoms with Crippen LogP contribution in [-0.2, 0) is 19.6 Å². The number of rotatable bonds is 5. The van der Waals surface area contributed by atoms with Crippen LogP contribution in [0.1, 0.15) is 37.7 Å². The zero-order valence-electron chi connectivity index (χ0n) is 16.6. The van der Waals surface area contributed by atoms with E-state index in [0.29, 0.717) is 24.1 Å². The van der Waals surface area contributed by atoms with Gasteiger partial charge < -0.3 is 0 Å². The van der Waals surface area contributed by atoms with Crippen LogP contribution >= 0.6 is 15.9 Å². The van der Waals surface area contributed by atoms with E-state index in [2.05, 4.69) is 15.9 Å². The molecule has 0 spiro atoms. The van der Waals surface area contributed by atoms with E-state index in [9.17, 15) is 18.0 Å². The highest BCUT2D eigenvalue weighted by atomic mass is 79.9. The second-order valence-electron chi connectivity index (χ2n) is 7.67. The predicted molar refractivity (Wildman–Crippen MR) is 117 cm³/mol. The Kier molecular flexibility index (Phi) is 5.97. The first kappa shape index (κ1) is 21.7. The van der Waals surface area contributed by atoms with Crippen molar-refractivity contribution in [1.29, 1.82) is 5.26 Å². The molecule has 2 aromatic carbocycles. The van der Waals surface area contributed by atoms with E-state index >= 15 is 0 Å². The predicted octanol–water partition coefficient (Wildman–Crippen LogP) is 3.59. The molecule has 1 saturated heterocycles. The summed E-state index contributed by atoms with van der Waals surface area (Å²) in [5, 5.41) is 8.98. The van der Waals surface area contributed by atoms with Crippen LogP contribution in [0.2, 0.25) is 0 Å². The second kappa shape index (κ2) is 8.54. The molecular weight excluding hydrogens is 482 g/mol. The summed E-state index contributed by atoms with van der Waals surface area (Å²) in [4.78, 5) is 27.2. The molecule has 0 radical (unpaired) electrons. The minimum atomic E-state index is -3.99. The van der Waals surface area contributed by atoms with Gasteiger partial charge in [-0.3, -0.25) is 9.59 Å². The molecule has 2 aliphatic rings. The molecule has 1 unspecified atom stereocenters. The van der Waals surface area contributed by atoms with Crippen molar-refractivity contribution in [2.45, 2.75) is 49.1 Å². The van der Waals surface area contributed by atoms with E-state index in [1.807, 2.05) is 6.07 Å². The molecule has 1 atom stereocenters. The summed E-state index contributed by atoms with van der Waals surface area (Å²) in [6.07, 6.45) is 2.87. The lowest BCUT2D eigenvalue weighted by molar-refractivity contribution is -0.122. The van der Waals surface area contributed by atoms with Crippen LogP contribution in [0.3, 0.4) is 0 Å². The zero-order valence-corrected chi connectivity index (χ0v) is 19.0. The lowest BCUT2D eigenvalue weighted by Crippen LogP contribution is -2.49. The Morgan fingerprint density at radius 2 is 1.61 bits per heavy atom. The van der Waals surface area contributed by atoms with Crippen molar-refractivity contribution in [2.75, 3.05) is 4.90 Å². The maximum Gasteiger partial charge on any atom is 0.252 e. The van der Waals surface area contributed by atoms with Crippen LogP contribution in [0.25, 0.3) is 0 Å². The average Bonchev–Trinajstić information content (AvgIpc) is 3.37. The molecule has 160 valence electrons. The first-order chi connectivity index (χ1) is 14.8. The molecule has 2 amide bonds. The van der Waals surface area contributed by atoms with E-state index in [1.54, 1.807) is 12.1 Å². The summed E-state index contributed by atoms with van der Waals surface area (Å²) in [5.41, 5.74) is 0.744. The van der Waals surface area contributed by atoms with E-state index in [-0.39, 0.29) is 17.4 Å². The highest BCUT2D eigenvalue weighted by Gasteiger charge is 2.49. The Hall–Kier alpha value is -2.54. The number of benzene rings is 2. The third-order valence-corrected chi connectivity index (χ3v) is 8.26. The third-order valence-electron chi connectivity index (χ3n) is 5.76. The molecular formula is C22H20BrN3O4S. The van der Waals surface area contributed by atoms with Crippen LogP contribution in [-0.4, -0.2) is 36.6 Å². The number of nitrogens with zero attached hydrogens (tertiary/aromatic N) is 3. The van der Waals surface area contributed by atoms with Gasteiger partial charge in [-0.25, -0.2) is 13.3 Å². The summed E-state index contributed by atoms with van der Waals surface area (Å²) < 4.78 is 29.2. The fourth-order valence-corrected chi connectivity index (χ4v) is 6.37. The van der Waals surface area contributed by atoms with Crippen molar-refractivity contribution < 1.29 is 18.0 Å². The van der Waals surface area contributed by atoms with Gasteiger partial charge in [0.2, 0.25) is 15.9 Å². The topological polar surface area (TPSA) is 98.5 Å². The van der Waals surface area contributed by atoms with Gasteiger partial charge in [-0.15, -0.1) is 0 Å². The van der Waals surface area contributed by atoms with Crippen LogP contribution < -0.4 is 4.90 Å². The smallest absolute Gasteiger partial charge is 0.252 e. The van der Waals surface area contributed by atoms with Crippen molar-refractivity contribution in [1.82, 2.24) is 4.31 Å². The normalized spacial score (nSPS) is 19.9. The zero-order chi connectivity index (χ0) is 22.2. The highest BCUT2D eigenvalue weighted by Crippen LogP contribution is 2.35. The van der Waals surface area contributed by atoms with Gasteiger partial charge in [0.1, 0.15) is 6.04 Å². The van der Waals surface area contributed by atoms with Gasteiger partial charge in [-0.1, -0.05) is 28.8 Å². The molecule has 0 bridgehead atoms. The fourth-order valence-electron chi connectivity index (χ4n) is 4.28. The number of imide groups is 1. The van der Waals surface area contributed by atoms with E-state index in [0.717, 1.165) is 22.2 Å². The number of sulfonamides is 1. The first-order valence-corrected chi connectivity index (χ1v) is 12.2. The fraction of sp³-hybridized carbons (Fsp3) is 0.318. The standard InChI is InChI=1S/C22H20BrN3O4S/c23-16-7-11-19(12-8-16)31(29,30)26(18-3-1-2-4-18)20-13-21(27)25(22(20)28)17-9-5-15(14-24)6-10-17/h5-12,18,20H,1-4,13H2. The van der Waals surface area contributed by atoms with Crippen LogP contribution in [0.15, 0.2) is 57.9 Å². The molecule has 31 heavy (non-hydrogen) atoms. The Bertz CT molecular complexity index is 1150. The molecule has 2 aromatic rings. The third kappa shape index (κ3) is 4.03. The summed E-state index contributed by atoms with van der Waals surface area (Å²) in [7, 11) is -3.99. The maximum atomic E-state index is 13.6. The summed E-state index contributed by atoms with van der Waals surface area (Å²) in [6.45, 7) is 0. The van der Waals surface area contributed by atoms with Gasteiger partial charge in [-0.2, -0.15) is 9.57 Å². The van der Waals surface area contributed by atoms with Crippen molar-refractivity contribution in [3.63, 3.8) is 0 Å². The SMILES string of the molecule is N#Cc1ccc(N2C(=O)CC(N(C3CCCC3)S(=O)(=O)c3ccc(Br)cc3)C2=O)cc1. The molecule has 1 aliphatic carbocycles. The van der Waals surface area contributed by atoms with E-state index in [4.69, 9.17) is 5.26 Å². The second-order valence-corrected chi connectivity index (χ2v) is 10.4. The lowest BCUT2D eigenvalue weighted by Gasteiger charge is -2.32. The molecule has 7 nitrogen and oxygen atoms in total. The van der Waals surface area contributed by atoms with Crippen molar-refractivity contribution in [2.24, 2.45) is 0 Å². The van der Waals surface area contributed by atoms with Crippen LogP contribution in [0.4, 0.5) is 5.69 Å². The van der Waals surface area contributed by atoms with Gasteiger partial charge in [0.15, 0.2) is 0 Å². The number of nitriles is 1. The minimum absolute atomic E-state index is 0.0969. The largest absolute Gasteiger partial charge is 0.274 e.